The summed E-state index contributed by atoms with van der Waals surface area (Å²) in [4.78, 5) is 0.964. The molecule has 1 heterocycles. The molecule has 0 radical (unpaired) electrons. The van der Waals surface area contributed by atoms with Gasteiger partial charge >= 0.3 is 0 Å². The number of nitrogens with two attached hydrogens (primary N) is 1. The van der Waals surface area contributed by atoms with Gasteiger partial charge in [0.05, 0.1) is 15.4 Å². The lowest BCUT2D eigenvalue weighted by Crippen LogP contribution is -2.26. The maximum Gasteiger partial charge on any atom is 0.242 e. The average molecular weight is 396 g/mol. The minimum absolute atomic E-state index is 0.0332. The second-order valence-electron chi connectivity index (χ2n) is 4.17. The molecule has 4 nitrogen and oxygen atoms in total. The van der Waals surface area contributed by atoms with Crippen molar-refractivity contribution in [3.8, 4) is 0 Å². The van der Waals surface area contributed by atoms with Gasteiger partial charge in [0, 0.05) is 15.6 Å². The standard InChI is InChI=1S/C12H12BrClN2O2S2/c1-7(10-3-2-4-19-10)16-20(17,18)11-6-8(14)5-9(15)12(11)13/h2-7,16H,15H2,1H3. The van der Waals surface area contributed by atoms with Crippen molar-refractivity contribution < 1.29 is 8.42 Å². The van der Waals surface area contributed by atoms with Crippen molar-refractivity contribution in [3.63, 3.8) is 0 Å². The molecule has 0 aliphatic rings. The Morgan fingerprint density at radius 3 is 2.75 bits per heavy atom. The first kappa shape index (κ1) is 15.8. The SMILES string of the molecule is CC(NS(=O)(=O)c1cc(Cl)cc(N)c1Br)c1cccs1. The molecule has 3 N–H and O–H groups in total. The van der Waals surface area contributed by atoms with Gasteiger partial charge in [0.25, 0.3) is 0 Å². The van der Waals surface area contributed by atoms with E-state index in [4.69, 9.17) is 17.3 Å². The molecule has 1 atom stereocenters. The minimum Gasteiger partial charge on any atom is -0.398 e. The normalized spacial score (nSPS) is 13.3. The van der Waals surface area contributed by atoms with E-state index in [0.717, 1.165) is 4.88 Å². The number of anilines is 1. The number of nitrogens with one attached hydrogen (secondary N) is 1. The Hall–Kier alpha value is -0.600. The van der Waals surface area contributed by atoms with E-state index in [1.165, 1.54) is 23.5 Å². The van der Waals surface area contributed by atoms with Gasteiger partial charge in [-0.15, -0.1) is 11.3 Å². The third-order valence-electron chi connectivity index (χ3n) is 2.62. The lowest BCUT2D eigenvalue weighted by molar-refractivity contribution is 0.568. The van der Waals surface area contributed by atoms with Gasteiger partial charge in [-0.25, -0.2) is 13.1 Å². The molecule has 0 spiro atoms. The quantitative estimate of drug-likeness (QED) is 0.774. The van der Waals surface area contributed by atoms with Gasteiger partial charge in [-0.3, -0.25) is 0 Å². The van der Waals surface area contributed by atoms with E-state index < -0.39 is 10.0 Å². The Labute approximate surface area is 135 Å². The highest BCUT2D eigenvalue weighted by Crippen LogP contribution is 2.32. The molecule has 1 aromatic heterocycles. The Morgan fingerprint density at radius 1 is 1.45 bits per heavy atom. The Morgan fingerprint density at radius 2 is 2.15 bits per heavy atom. The molecular weight excluding hydrogens is 384 g/mol. The number of rotatable bonds is 4. The van der Waals surface area contributed by atoms with Crippen LogP contribution in [0.25, 0.3) is 0 Å². The number of hydrogen-bond acceptors (Lipinski definition) is 4. The summed E-state index contributed by atoms with van der Waals surface area (Å²) in [5.41, 5.74) is 6.00. The van der Waals surface area contributed by atoms with Crippen molar-refractivity contribution in [2.75, 3.05) is 5.73 Å². The largest absolute Gasteiger partial charge is 0.398 e. The monoisotopic (exact) mass is 394 g/mol. The number of hydrogen-bond donors (Lipinski definition) is 2. The van der Waals surface area contributed by atoms with Crippen LogP contribution in [0.5, 0.6) is 0 Å². The second-order valence-corrected chi connectivity index (χ2v) is 8.06. The molecule has 0 amide bonds. The summed E-state index contributed by atoms with van der Waals surface area (Å²) in [5.74, 6) is 0. The molecule has 0 saturated carbocycles. The fraction of sp³-hybridized carbons (Fsp3) is 0.167. The molecule has 2 rings (SSSR count). The maximum atomic E-state index is 12.4. The summed E-state index contributed by atoms with van der Waals surface area (Å²) in [6.45, 7) is 1.78. The summed E-state index contributed by atoms with van der Waals surface area (Å²) in [5, 5.41) is 2.17. The Kier molecular flexibility index (Phi) is 4.76. The Bertz CT molecular complexity index is 717. The number of halogens is 2. The van der Waals surface area contributed by atoms with Crippen molar-refractivity contribution >= 4 is 54.6 Å². The second kappa shape index (κ2) is 6.03. The summed E-state index contributed by atoms with van der Waals surface area (Å²) in [6, 6.07) is 6.28. The summed E-state index contributed by atoms with van der Waals surface area (Å²) >= 11 is 10.5. The van der Waals surface area contributed by atoms with Crippen LogP contribution in [0.4, 0.5) is 5.69 Å². The van der Waals surface area contributed by atoms with Gasteiger partial charge in [-0.1, -0.05) is 17.7 Å². The van der Waals surface area contributed by atoms with E-state index in [2.05, 4.69) is 20.7 Å². The zero-order valence-corrected chi connectivity index (χ0v) is 14.4. The van der Waals surface area contributed by atoms with Crippen LogP contribution in [0.2, 0.25) is 5.02 Å². The number of benzene rings is 1. The van der Waals surface area contributed by atoms with Crippen LogP contribution in [0.3, 0.4) is 0 Å². The van der Waals surface area contributed by atoms with E-state index in [0.29, 0.717) is 4.47 Å². The lowest BCUT2D eigenvalue weighted by Gasteiger charge is -2.15. The van der Waals surface area contributed by atoms with Crippen LogP contribution >= 0.6 is 38.9 Å². The molecule has 0 aliphatic carbocycles. The first-order chi connectivity index (χ1) is 9.31. The number of nitrogen functional groups attached to an aromatic ring is 1. The van der Waals surface area contributed by atoms with Crippen molar-refractivity contribution in [1.29, 1.82) is 0 Å². The summed E-state index contributed by atoms with van der Waals surface area (Å²) < 4.78 is 27.7. The van der Waals surface area contributed by atoms with E-state index >= 15 is 0 Å². The third-order valence-corrected chi connectivity index (χ3v) is 6.61. The molecule has 2 aromatic rings. The van der Waals surface area contributed by atoms with E-state index in [9.17, 15) is 8.42 Å². The molecule has 0 saturated heterocycles. The fourth-order valence-electron chi connectivity index (χ4n) is 1.67. The smallest absolute Gasteiger partial charge is 0.242 e. The first-order valence-electron chi connectivity index (χ1n) is 5.61. The van der Waals surface area contributed by atoms with Gasteiger partial charge < -0.3 is 5.73 Å². The minimum atomic E-state index is -3.72. The summed E-state index contributed by atoms with van der Waals surface area (Å²) in [6.07, 6.45) is 0. The zero-order chi connectivity index (χ0) is 14.9. The molecule has 108 valence electrons. The van der Waals surface area contributed by atoms with Crippen molar-refractivity contribution in [1.82, 2.24) is 4.72 Å². The van der Waals surface area contributed by atoms with Crippen LogP contribution in [0, 0.1) is 0 Å². The van der Waals surface area contributed by atoms with Crippen molar-refractivity contribution in [3.05, 3.63) is 44.0 Å². The molecule has 0 fully saturated rings. The number of sulfonamides is 1. The predicted molar refractivity (Wildman–Crippen MR) is 86.6 cm³/mol. The highest BCUT2D eigenvalue weighted by atomic mass is 79.9. The number of thiophene rings is 1. The molecule has 0 aliphatic heterocycles. The van der Waals surface area contributed by atoms with Crippen LogP contribution < -0.4 is 10.5 Å². The average Bonchev–Trinajstić information content (AvgIpc) is 2.86. The van der Waals surface area contributed by atoms with Gasteiger partial charge in [0.2, 0.25) is 10.0 Å². The maximum absolute atomic E-state index is 12.4. The predicted octanol–water partition coefficient (Wildman–Crippen LogP) is 3.79. The Balaban J connectivity index is 2.36. The molecule has 20 heavy (non-hydrogen) atoms. The van der Waals surface area contributed by atoms with Crippen LogP contribution in [0.15, 0.2) is 39.0 Å². The summed E-state index contributed by atoms with van der Waals surface area (Å²) in [7, 11) is -3.72. The molecule has 1 unspecified atom stereocenters. The van der Waals surface area contributed by atoms with E-state index in [-0.39, 0.29) is 21.6 Å². The lowest BCUT2D eigenvalue weighted by atomic mass is 10.3. The molecule has 0 bridgehead atoms. The first-order valence-corrected chi connectivity index (χ1v) is 9.15. The molecule has 8 heteroatoms. The highest BCUT2D eigenvalue weighted by molar-refractivity contribution is 9.10. The third kappa shape index (κ3) is 3.35. The van der Waals surface area contributed by atoms with Gasteiger partial charge in [0.1, 0.15) is 0 Å². The fourth-order valence-corrected chi connectivity index (χ4v) is 5.00. The van der Waals surface area contributed by atoms with Gasteiger partial charge in [-0.05, 0) is 46.4 Å². The van der Waals surface area contributed by atoms with Gasteiger partial charge in [-0.2, -0.15) is 0 Å². The van der Waals surface area contributed by atoms with Crippen molar-refractivity contribution in [2.45, 2.75) is 17.9 Å². The molecule has 1 aromatic carbocycles. The zero-order valence-electron chi connectivity index (χ0n) is 10.4. The van der Waals surface area contributed by atoms with Crippen LogP contribution in [-0.4, -0.2) is 8.42 Å². The van der Waals surface area contributed by atoms with Crippen LogP contribution in [-0.2, 0) is 10.0 Å². The molecular formula is C12H12BrClN2O2S2. The van der Waals surface area contributed by atoms with Crippen LogP contribution in [0.1, 0.15) is 17.8 Å². The van der Waals surface area contributed by atoms with E-state index in [1.54, 1.807) is 6.92 Å². The highest BCUT2D eigenvalue weighted by Gasteiger charge is 2.23. The van der Waals surface area contributed by atoms with Gasteiger partial charge in [0.15, 0.2) is 0 Å². The topological polar surface area (TPSA) is 72.2 Å². The van der Waals surface area contributed by atoms with Crippen molar-refractivity contribution in [2.24, 2.45) is 0 Å². The van der Waals surface area contributed by atoms with E-state index in [1.807, 2.05) is 17.5 Å².